The molecule has 0 unspecified atom stereocenters. The van der Waals surface area contributed by atoms with E-state index in [4.69, 9.17) is 14.4 Å². The highest BCUT2D eigenvalue weighted by Gasteiger charge is 2.01. The van der Waals surface area contributed by atoms with Crippen LogP contribution >= 0.6 is 0 Å². The molecule has 1 aromatic carbocycles. The van der Waals surface area contributed by atoms with Crippen molar-refractivity contribution in [2.24, 2.45) is 0 Å². The fraction of sp³-hybridized carbons (Fsp3) is 0.267. The number of hydrogen-bond donors (Lipinski definition) is 1. The number of furan rings is 1. The van der Waals surface area contributed by atoms with Crippen LogP contribution in [0.2, 0.25) is 0 Å². The first-order chi connectivity index (χ1) is 9.31. The molecule has 1 N–H and O–H groups in total. The topological polar surface area (TPSA) is 58.2 Å². The van der Waals surface area contributed by atoms with Crippen molar-refractivity contribution < 1.29 is 9.15 Å². The number of nitriles is 1. The molecule has 19 heavy (non-hydrogen) atoms. The summed E-state index contributed by atoms with van der Waals surface area (Å²) in [6, 6.07) is 13.4. The quantitative estimate of drug-likeness (QED) is 0.861. The molecule has 98 valence electrons. The van der Waals surface area contributed by atoms with Crippen LogP contribution in [0.25, 0.3) is 0 Å². The summed E-state index contributed by atoms with van der Waals surface area (Å²) in [6.45, 7) is 2.75. The molecule has 0 saturated carbocycles. The van der Waals surface area contributed by atoms with Gasteiger partial charge in [0, 0.05) is 18.2 Å². The zero-order valence-electron chi connectivity index (χ0n) is 10.8. The Balaban J connectivity index is 1.93. The van der Waals surface area contributed by atoms with Gasteiger partial charge >= 0.3 is 0 Å². The number of nitrogens with one attached hydrogen (secondary N) is 1. The monoisotopic (exact) mass is 256 g/mol. The average Bonchev–Trinajstić information content (AvgIpc) is 2.91. The zero-order valence-corrected chi connectivity index (χ0v) is 10.8. The van der Waals surface area contributed by atoms with Gasteiger partial charge in [-0.2, -0.15) is 5.26 Å². The van der Waals surface area contributed by atoms with E-state index >= 15 is 0 Å². The van der Waals surface area contributed by atoms with Crippen molar-refractivity contribution in [3.05, 3.63) is 47.9 Å². The van der Waals surface area contributed by atoms with E-state index in [1.54, 1.807) is 0 Å². The maximum absolute atomic E-state index is 8.47. The maximum Gasteiger partial charge on any atom is 0.174 e. The molecule has 4 nitrogen and oxygen atoms in total. The first-order valence-corrected chi connectivity index (χ1v) is 6.23. The number of anilines is 1. The molecule has 2 aromatic rings. The van der Waals surface area contributed by atoms with Gasteiger partial charge in [-0.15, -0.1) is 0 Å². The van der Waals surface area contributed by atoms with Crippen LogP contribution in [-0.2, 0) is 13.0 Å². The lowest BCUT2D eigenvalue weighted by Crippen LogP contribution is -1.99. The van der Waals surface area contributed by atoms with E-state index in [0.717, 1.165) is 23.6 Å². The van der Waals surface area contributed by atoms with E-state index in [1.807, 2.05) is 42.5 Å². The fourth-order valence-electron chi connectivity index (χ4n) is 1.71. The highest BCUT2D eigenvalue weighted by atomic mass is 16.5. The lowest BCUT2D eigenvalue weighted by molar-refractivity contribution is 0.368. The van der Waals surface area contributed by atoms with Crippen LogP contribution in [0.3, 0.4) is 0 Å². The smallest absolute Gasteiger partial charge is 0.174 e. The Hall–Kier alpha value is -2.41. The zero-order chi connectivity index (χ0) is 13.5. The number of rotatable bonds is 6. The molecule has 0 aliphatic heterocycles. The van der Waals surface area contributed by atoms with Crippen LogP contribution in [0.1, 0.15) is 18.4 Å². The van der Waals surface area contributed by atoms with Crippen LogP contribution in [0.5, 0.6) is 5.75 Å². The number of benzene rings is 1. The van der Waals surface area contributed by atoms with Gasteiger partial charge in [-0.3, -0.25) is 0 Å². The number of nitrogens with zero attached hydrogens (tertiary/aromatic N) is 1. The van der Waals surface area contributed by atoms with Gasteiger partial charge in [0.25, 0.3) is 0 Å². The molecule has 1 heterocycles. The van der Waals surface area contributed by atoms with Gasteiger partial charge in [0.15, 0.2) is 6.61 Å². The van der Waals surface area contributed by atoms with Crippen molar-refractivity contribution in [3.63, 3.8) is 0 Å². The number of hydrogen-bond acceptors (Lipinski definition) is 4. The molecule has 0 aliphatic carbocycles. The molecule has 0 saturated heterocycles. The molecule has 0 aliphatic rings. The van der Waals surface area contributed by atoms with Gasteiger partial charge in [-0.05, 0) is 24.3 Å². The van der Waals surface area contributed by atoms with Crippen LogP contribution in [-0.4, -0.2) is 6.61 Å². The third-order valence-electron chi connectivity index (χ3n) is 2.67. The Bertz CT molecular complexity index is 570. The average molecular weight is 256 g/mol. The van der Waals surface area contributed by atoms with Gasteiger partial charge in [-0.25, -0.2) is 0 Å². The molecule has 1 aromatic heterocycles. The van der Waals surface area contributed by atoms with Crippen molar-refractivity contribution >= 4 is 5.69 Å². The molecule has 0 bridgehead atoms. The van der Waals surface area contributed by atoms with E-state index in [2.05, 4.69) is 12.2 Å². The second kappa shape index (κ2) is 6.50. The molecular weight excluding hydrogens is 240 g/mol. The summed E-state index contributed by atoms with van der Waals surface area (Å²) < 4.78 is 10.9. The molecule has 2 rings (SSSR count). The summed E-state index contributed by atoms with van der Waals surface area (Å²) in [7, 11) is 0. The standard InChI is InChI=1S/C15H16N2O2/c1-2-13-6-7-15(19-13)11-17-12-4-3-5-14(10-12)18-9-8-16/h3-7,10,17H,2,9,11H2,1H3. The third kappa shape index (κ3) is 3.78. The van der Waals surface area contributed by atoms with Crippen molar-refractivity contribution in [2.45, 2.75) is 19.9 Å². The van der Waals surface area contributed by atoms with Crippen molar-refractivity contribution in [1.82, 2.24) is 0 Å². The summed E-state index contributed by atoms with van der Waals surface area (Å²) >= 11 is 0. The molecule has 0 radical (unpaired) electrons. The minimum absolute atomic E-state index is 0.0570. The highest BCUT2D eigenvalue weighted by molar-refractivity contribution is 5.48. The Labute approximate surface area is 112 Å². The SMILES string of the molecule is CCc1ccc(CNc2cccc(OCC#N)c2)o1. The lowest BCUT2D eigenvalue weighted by atomic mass is 10.3. The van der Waals surface area contributed by atoms with Crippen LogP contribution in [0.15, 0.2) is 40.8 Å². The Morgan fingerprint density at radius 2 is 2.11 bits per heavy atom. The van der Waals surface area contributed by atoms with Gasteiger partial charge in [0.2, 0.25) is 0 Å². The molecule has 0 amide bonds. The highest BCUT2D eigenvalue weighted by Crippen LogP contribution is 2.18. The molecule has 0 fully saturated rings. The largest absolute Gasteiger partial charge is 0.479 e. The second-order valence-corrected chi connectivity index (χ2v) is 4.05. The van der Waals surface area contributed by atoms with Crippen LogP contribution in [0, 0.1) is 11.3 Å². The number of ether oxygens (including phenoxy) is 1. The Kier molecular flexibility index (Phi) is 4.46. The third-order valence-corrected chi connectivity index (χ3v) is 2.67. The van der Waals surface area contributed by atoms with E-state index < -0.39 is 0 Å². The molecular formula is C15H16N2O2. The summed E-state index contributed by atoms with van der Waals surface area (Å²) in [5, 5.41) is 11.7. The van der Waals surface area contributed by atoms with Crippen LogP contribution in [0.4, 0.5) is 5.69 Å². The van der Waals surface area contributed by atoms with Gasteiger partial charge < -0.3 is 14.5 Å². The second-order valence-electron chi connectivity index (χ2n) is 4.05. The Morgan fingerprint density at radius 3 is 2.84 bits per heavy atom. The van der Waals surface area contributed by atoms with E-state index in [1.165, 1.54) is 0 Å². The van der Waals surface area contributed by atoms with E-state index in [9.17, 15) is 0 Å². The number of aryl methyl sites for hydroxylation is 1. The minimum atomic E-state index is 0.0570. The van der Waals surface area contributed by atoms with Gasteiger partial charge in [0.05, 0.1) is 6.54 Å². The molecule has 0 atom stereocenters. The predicted molar refractivity (Wildman–Crippen MR) is 73.0 cm³/mol. The molecule has 0 spiro atoms. The molecule has 4 heteroatoms. The summed E-state index contributed by atoms with van der Waals surface area (Å²) in [4.78, 5) is 0. The summed E-state index contributed by atoms with van der Waals surface area (Å²) in [6.07, 6.45) is 0.900. The normalized spacial score (nSPS) is 9.89. The van der Waals surface area contributed by atoms with Crippen molar-refractivity contribution in [3.8, 4) is 11.8 Å². The van der Waals surface area contributed by atoms with Crippen molar-refractivity contribution in [2.75, 3.05) is 11.9 Å². The lowest BCUT2D eigenvalue weighted by Gasteiger charge is -2.07. The first-order valence-electron chi connectivity index (χ1n) is 6.23. The summed E-state index contributed by atoms with van der Waals surface area (Å²) in [5.41, 5.74) is 0.935. The van der Waals surface area contributed by atoms with Gasteiger partial charge in [-0.1, -0.05) is 13.0 Å². The van der Waals surface area contributed by atoms with E-state index in [-0.39, 0.29) is 6.61 Å². The van der Waals surface area contributed by atoms with Crippen molar-refractivity contribution in [1.29, 1.82) is 5.26 Å². The minimum Gasteiger partial charge on any atom is -0.479 e. The Morgan fingerprint density at radius 1 is 1.26 bits per heavy atom. The van der Waals surface area contributed by atoms with Crippen LogP contribution < -0.4 is 10.1 Å². The summed E-state index contributed by atoms with van der Waals surface area (Å²) in [5.74, 6) is 2.57. The predicted octanol–water partition coefficient (Wildman–Crippen LogP) is 3.36. The van der Waals surface area contributed by atoms with E-state index in [0.29, 0.717) is 12.3 Å². The maximum atomic E-state index is 8.47. The van der Waals surface area contributed by atoms with Gasteiger partial charge in [0.1, 0.15) is 23.3 Å². The fourth-order valence-corrected chi connectivity index (χ4v) is 1.71. The first kappa shape index (κ1) is 13.0.